The van der Waals surface area contributed by atoms with Gasteiger partial charge in [0.05, 0.1) is 24.5 Å². The minimum atomic E-state index is -0.659. The van der Waals surface area contributed by atoms with E-state index in [1.54, 1.807) is 4.90 Å². The maximum absolute atomic E-state index is 13.2. The van der Waals surface area contributed by atoms with E-state index < -0.39 is 17.4 Å². The maximum atomic E-state index is 13.2. The zero-order chi connectivity index (χ0) is 18.7. The molecule has 4 aliphatic rings. The summed E-state index contributed by atoms with van der Waals surface area (Å²) >= 11 is 0. The van der Waals surface area contributed by atoms with Crippen LogP contribution in [0.4, 0.5) is 0 Å². The number of carbonyl (C=O) groups is 3. The molecule has 1 spiro atoms. The Labute approximate surface area is 153 Å². The van der Waals surface area contributed by atoms with Crippen LogP contribution in [-0.2, 0) is 19.1 Å². The molecule has 4 rings (SSSR count). The van der Waals surface area contributed by atoms with Crippen LogP contribution in [-0.4, -0.2) is 72.0 Å². The number of ether oxygens (including phenoxy) is 1. The normalized spacial score (nSPS) is 36.3. The topological polar surface area (TPSA) is 79.0 Å². The zero-order valence-corrected chi connectivity index (χ0v) is 15.7. The lowest BCUT2D eigenvalue weighted by atomic mass is 9.76. The summed E-state index contributed by atoms with van der Waals surface area (Å²) in [6.45, 7) is 8.81. The molecule has 7 heteroatoms. The van der Waals surface area contributed by atoms with Crippen molar-refractivity contribution in [3.63, 3.8) is 0 Å². The van der Waals surface area contributed by atoms with Crippen molar-refractivity contribution in [2.75, 3.05) is 32.7 Å². The summed E-state index contributed by atoms with van der Waals surface area (Å²) in [6, 6.07) is 0. The highest BCUT2D eigenvalue weighted by molar-refractivity contribution is 5.93. The average Bonchev–Trinajstić information content (AvgIpc) is 3.10. The van der Waals surface area contributed by atoms with Crippen LogP contribution >= 0.6 is 0 Å². The SMILES string of the molecule is CC(C)(C)CN1C[C@]23C=C[C@H](O2)[C@H](C(=O)N2CCNC(=O)CC2)[C@H]3C1=O. The third kappa shape index (κ3) is 2.73. The number of hydrogen-bond donors (Lipinski definition) is 1. The fourth-order valence-electron chi connectivity index (χ4n) is 4.76. The fraction of sp³-hybridized carbons (Fsp3) is 0.737. The van der Waals surface area contributed by atoms with Crippen LogP contribution in [0.3, 0.4) is 0 Å². The van der Waals surface area contributed by atoms with E-state index in [1.165, 1.54) is 0 Å². The Bertz CT molecular complexity index is 683. The first-order valence-corrected chi connectivity index (χ1v) is 9.42. The molecule has 0 saturated carbocycles. The summed E-state index contributed by atoms with van der Waals surface area (Å²) in [5, 5.41) is 2.79. The van der Waals surface area contributed by atoms with Gasteiger partial charge in [0.25, 0.3) is 0 Å². The van der Waals surface area contributed by atoms with Gasteiger partial charge in [-0.05, 0) is 5.41 Å². The molecule has 3 amide bonds. The van der Waals surface area contributed by atoms with E-state index in [-0.39, 0.29) is 29.2 Å². The monoisotopic (exact) mass is 361 g/mol. The zero-order valence-electron chi connectivity index (χ0n) is 15.7. The van der Waals surface area contributed by atoms with Crippen LogP contribution in [0.25, 0.3) is 0 Å². The van der Waals surface area contributed by atoms with Crippen LogP contribution in [0.2, 0.25) is 0 Å². The molecule has 0 unspecified atom stereocenters. The molecule has 4 atom stereocenters. The molecule has 1 N–H and O–H groups in total. The molecule has 0 aliphatic carbocycles. The number of hydrogen-bond acceptors (Lipinski definition) is 4. The van der Waals surface area contributed by atoms with Gasteiger partial charge < -0.3 is 19.9 Å². The molecule has 0 aromatic heterocycles. The van der Waals surface area contributed by atoms with Crippen LogP contribution in [0.5, 0.6) is 0 Å². The molecule has 4 aliphatic heterocycles. The van der Waals surface area contributed by atoms with Crippen molar-refractivity contribution >= 4 is 17.7 Å². The molecular weight excluding hydrogens is 334 g/mol. The van der Waals surface area contributed by atoms with Crippen LogP contribution in [0.15, 0.2) is 12.2 Å². The molecule has 0 aromatic carbocycles. The maximum Gasteiger partial charge on any atom is 0.230 e. The van der Waals surface area contributed by atoms with E-state index in [2.05, 4.69) is 26.1 Å². The van der Waals surface area contributed by atoms with Crippen LogP contribution in [0, 0.1) is 17.3 Å². The Morgan fingerprint density at radius 2 is 2.12 bits per heavy atom. The highest BCUT2D eigenvalue weighted by atomic mass is 16.5. The van der Waals surface area contributed by atoms with Gasteiger partial charge >= 0.3 is 0 Å². The number of nitrogens with one attached hydrogen (secondary N) is 1. The first kappa shape index (κ1) is 17.5. The number of carbonyl (C=O) groups excluding carboxylic acids is 3. The third-order valence-corrected chi connectivity index (χ3v) is 5.75. The minimum absolute atomic E-state index is 0.0109. The predicted molar refractivity (Wildman–Crippen MR) is 94.0 cm³/mol. The predicted octanol–water partition coefficient (Wildman–Crippen LogP) is 0.163. The number of rotatable bonds is 2. The van der Waals surface area contributed by atoms with Crippen molar-refractivity contribution in [2.45, 2.75) is 38.9 Å². The first-order chi connectivity index (χ1) is 12.2. The Morgan fingerprint density at radius 3 is 2.85 bits per heavy atom. The van der Waals surface area contributed by atoms with E-state index in [0.29, 0.717) is 39.1 Å². The summed E-state index contributed by atoms with van der Waals surface area (Å²) in [7, 11) is 0. The number of likely N-dealkylation sites (tertiary alicyclic amines) is 1. The molecule has 142 valence electrons. The first-order valence-electron chi connectivity index (χ1n) is 9.42. The van der Waals surface area contributed by atoms with Crippen LogP contribution in [0.1, 0.15) is 27.2 Å². The van der Waals surface area contributed by atoms with Gasteiger partial charge in [0.1, 0.15) is 5.60 Å². The van der Waals surface area contributed by atoms with Gasteiger partial charge in [-0.3, -0.25) is 14.4 Å². The summed E-state index contributed by atoms with van der Waals surface area (Å²) in [5.74, 6) is -0.998. The number of amides is 3. The summed E-state index contributed by atoms with van der Waals surface area (Å²) in [6.07, 6.45) is 3.90. The van der Waals surface area contributed by atoms with Gasteiger partial charge in [-0.1, -0.05) is 32.9 Å². The van der Waals surface area contributed by atoms with E-state index >= 15 is 0 Å². The smallest absolute Gasteiger partial charge is 0.230 e. The minimum Gasteiger partial charge on any atom is -0.360 e. The van der Waals surface area contributed by atoms with Gasteiger partial charge in [0.2, 0.25) is 17.7 Å². The average molecular weight is 361 g/mol. The number of fused-ring (bicyclic) bond motifs is 1. The molecule has 4 heterocycles. The molecule has 2 bridgehead atoms. The van der Waals surface area contributed by atoms with Crippen molar-refractivity contribution in [1.82, 2.24) is 15.1 Å². The van der Waals surface area contributed by atoms with E-state index in [1.807, 2.05) is 17.1 Å². The second kappa shape index (κ2) is 5.81. The van der Waals surface area contributed by atoms with Crippen LogP contribution < -0.4 is 5.32 Å². The van der Waals surface area contributed by atoms with Crippen molar-refractivity contribution < 1.29 is 19.1 Å². The molecule has 3 fully saturated rings. The molecule has 3 saturated heterocycles. The Hall–Kier alpha value is -1.89. The van der Waals surface area contributed by atoms with E-state index in [4.69, 9.17) is 4.74 Å². The Morgan fingerprint density at radius 1 is 1.35 bits per heavy atom. The van der Waals surface area contributed by atoms with Gasteiger partial charge in [0, 0.05) is 32.6 Å². The van der Waals surface area contributed by atoms with E-state index in [0.717, 1.165) is 0 Å². The second-order valence-electron chi connectivity index (χ2n) is 9.08. The molecule has 0 aromatic rings. The highest BCUT2D eigenvalue weighted by Crippen LogP contribution is 2.52. The lowest BCUT2D eigenvalue weighted by molar-refractivity contribution is -0.143. The molecule has 26 heavy (non-hydrogen) atoms. The van der Waals surface area contributed by atoms with Crippen molar-refractivity contribution in [1.29, 1.82) is 0 Å². The summed E-state index contributed by atoms with van der Waals surface area (Å²) < 4.78 is 6.17. The Kier molecular flexibility index (Phi) is 3.91. The van der Waals surface area contributed by atoms with Crippen molar-refractivity contribution in [3.8, 4) is 0 Å². The molecule has 7 nitrogen and oxygen atoms in total. The summed E-state index contributed by atoms with van der Waals surface area (Å²) in [5.41, 5.74) is -0.670. The number of nitrogens with zero attached hydrogens (tertiary/aromatic N) is 2. The van der Waals surface area contributed by atoms with Gasteiger partial charge in [-0.2, -0.15) is 0 Å². The highest BCUT2D eigenvalue weighted by Gasteiger charge is 2.67. The quantitative estimate of drug-likeness (QED) is 0.711. The van der Waals surface area contributed by atoms with Crippen molar-refractivity contribution in [3.05, 3.63) is 12.2 Å². The summed E-state index contributed by atoms with van der Waals surface area (Å²) in [4.78, 5) is 41.5. The Balaban J connectivity index is 1.57. The fourth-order valence-corrected chi connectivity index (χ4v) is 4.76. The van der Waals surface area contributed by atoms with Gasteiger partial charge in [-0.25, -0.2) is 0 Å². The second-order valence-corrected chi connectivity index (χ2v) is 9.08. The van der Waals surface area contributed by atoms with E-state index in [9.17, 15) is 14.4 Å². The van der Waals surface area contributed by atoms with Gasteiger partial charge in [0.15, 0.2) is 0 Å². The lowest BCUT2D eigenvalue weighted by Crippen LogP contribution is -2.47. The standard InChI is InChI=1S/C19H27N3O4/c1-18(2,3)10-22-11-19-6-4-12(26-19)14(15(19)17(22)25)16(24)21-8-5-13(23)20-7-9-21/h4,6,12,14-15H,5,7-11H2,1-3H3,(H,20,23)/t12-,14-,15-,19-/m0/s1. The molecular formula is C19H27N3O4. The molecule has 0 radical (unpaired) electrons. The van der Waals surface area contributed by atoms with Crippen molar-refractivity contribution in [2.24, 2.45) is 17.3 Å². The lowest BCUT2D eigenvalue weighted by Gasteiger charge is -2.30. The third-order valence-electron chi connectivity index (χ3n) is 5.75. The van der Waals surface area contributed by atoms with Gasteiger partial charge in [-0.15, -0.1) is 0 Å². The largest absolute Gasteiger partial charge is 0.360 e.